The summed E-state index contributed by atoms with van der Waals surface area (Å²) in [5.74, 6) is -4.02. The molecule has 0 spiro atoms. The Labute approximate surface area is 108 Å². The van der Waals surface area contributed by atoms with Gasteiger partial charge in [-0.2, -0.15) is 13.2 Å². The average Bonchev–Trinajstić information content (AvgIpc) is 3.08. The third-order valence-electron chi connectivity index (χ3n) is 3.93. The van der Waals surface area contributed by atoms with E-state index in [2.05, 4.69) is 5.32 Å². The van der Waals surface area contributed by atoms with Crippen molar-refractivity contribution in [3.8, 4) is 0 Å². The molecular formula is C12H16F3NO3. The Bertz CT molecular complexity index is 383. The molecule has 0 saturated heterocycles. The molecule has 108 valence electrons. The highest BCUT2D eigenvalue weighted by Gasteiger charge is 2.49. The lowest BCUT2D eigenvalue weighted by Crippen LogP contribution is -2.42. The summed E-state index contributed by atoms with van der Waals surface area (Å²) in [6.07, 6.45) is -2.95. The van der Waals surface area contributed by atoms with Crippen molar-refractivity contribution in [1.82, 2.24) is 5.32 Å². The fraction of sp³-hybridized carbons (Fsp3) is 0.833. The minimum atomic E-state index is -4.22. The number of carbonyl (C=O) groups excluding carboxylic acids is 1. The first kappa shape index (κ1) is 14.1. The summed E-state index contributed by atoms with van der Waals surface area (Å²) in [5.41, 5.74) is 0. The van der Waals surface area contributed by atoms with E-state index in [1.54, 1.807) is 0 Å². The molecule has 2 N–H and O–H groups in total. The van der Waals surface area contributed by atoms with Gasteiger partial charge >= 0.3 is 12.1 Å². The van der Waals surface area contributed by atoms with Crippen LogP contribution in [0.15, 0.2) is 0 Å². The summed E-state index contributed by atoms with van der Waals surface area (Å²) in [5, 5.41) is 11.3. The summed E-state index contributed by atoms with van der Waals surface area (Å²) in [7, 11) is 0. The predicted molar refractivity (Wildman–Crippen MR) is 59.2 cm³/mol. The van der Waals surface area contributed by atoms with Crippen molar-refractivity contribution in [2.75, 3.05) is 0 Å². The number of amides is 1. The topological polar surface area (TPSA) is 66.4 Å². The molecule has 4 atom stereocenters. The van der Waals surface area contributed by atoms with Crippen LogP contribution in [0.3, 0.4) is 0 Å². The Morgan fingerprint density at radius 1 is 1.11 bits per heavy atom. The molecule has 2 aliphatic carbocycles. The minimum Gasteiger partial charge on any atom is -0.481 e. The fourth-order valence-corrected chi connectivity index (χ4v) is 2.68. The lowest BCUT2D eigenvalue weighted by Gasteiger charge is -2.31. The van der Waals surface area contributed by atoms with Gasteiger partial charge in [0.05, 0.1) is 17.8 Å². The summed E-state index contributed by atoms with van der Waals surface area (Å²) >= 11 is 0. The molecule has 0 radical (unpaired) electrons. The zero-order valence-electron chi connectivity index (χ0n) is 10.2. The first-order valence-electron chi connectivity index (χ1n) is 6.39. The van der Waals surface area contributed by atoms with Crippen LogP contribution in [0, 0.1) is 17.8 Å². The second-order valence-electron chi connectivity index (χ2n) is 5.40. The van der Waals surface area contributed by atoms with E-state index >= 15 is 0 Å². The van der Waals surface area contributed by atoms with Crippen LogP contribution < -0.4 is 5.32 Å². The van der Waals surface area contributed by atoms with Crippen molar-refractivity contribution in [2.45, 2.75) is 44.3 Å². The van der Waals surface area contributed by atoms with Crippen LogP contribution in [-0.4, -0.2) is 29.2 Å². The third-order valence-corrected chi connectivity index (χ3v) is 3.93. The van der Waals surface area contributed by atoms with Gasteiger partial charge in [0.15, 0.2) is 0 Å². The van der Waals surface area contributed by atoms with Crippen LogP contribution in [0.25, 0.3) is 0 Å². The van der Waals surface area contributed by atoms with Crippen LogP contribution in [0.2, 0.25) is 0 Å². The molecule has 1 amide bonds. The van der Waals surface area contributed by atoms with Crippen LogP contribution in [0.4, 0.5) is 13.2 Å². The monoisotopic (exact) mass is 279 g/mol. The van der Waals surface area contributed by atoms with Crippen LogP contribution in [0.1, 0.15) is 32.1 Å². The maximum absolute atomic E-state index is 12.6. The number of carboxylic acids is 1. The van der Waals surface area contributed by atoms with E-state index in [9.17, 15) is 22.8 Å². The Balaban J connectivity index is 1.83. The molecule has 2 rings (SSSR count). The van der Waals surface area contributed by atoms with E-state index in [1.165, 1.54) is 0 Å². The first-order valence-corrected chi connectivity index (χ1v) is 6.39. The molecule has 0 aliphatic heterocycles. The van der Waals surface area contributed by atoms with Crippen molar-refractivity contribution < 1.29 is 27.9 Å². The van der Waals surface area contributed by atoms with Crippen LogP contribution >= 0.6 is 0 Å². The number of aliphatic carboxylic acids is 1. The van der Waals surface area contributed by atoms with Gasteiger partial charge < -0.3 is 10.4 Å². The number of alkyl halides is 3. The number of carbonyl (C=O) groups is 2. The van der Waals surface area contributed by atoms with E-state index in [0.717, 1.165) is 0 Å². The Morgan fingerprint density at radius 3 is 2.32 bits per heavy atom. The Hall–Kier alpha value is -1.27. The van der Waals surface area contributed by atoms with Crippen molar-refractivity contribution in [2.24, 2.45) is 17.8 Å². The summed E-state index contributed by atoms with van der Waals surface area (Å²) in [4.78, 5) is 22.3. The number of hydrogen-bond donors (Lipinski definition) is 2. The molecule has 0 aromatic carbocycles. The molecule has 2 saturated carbocycles. The largest absolute Gasteiger partial charge is 0.481 e. The van der Waals surface area contributed by atoms with Crippen molar-refractivity contribution in [3.05, 3.63) is 0 Å². The highest BCUT2D eigenvalue weighted by atomic mass is 19.4. The molecule has 2 fully saturated rings. The number of carboxylic acid groups (broad SMARTS) is 1. The zero-order chi connectivity index (χ0) is 14.2. The summed E-state index contributed by atoms with van der Waals surface area (Å²) in [6.45, 7) is 0. The molecule has 2 aliphatic rings. The van der Waals surface area contributed by atoms with Crippen LogP contribution in [-0.2, 0) is 9.59 Å². The lowest BCUT2D eigenvalue weighted by molar-refractivity contribution is -0.184. The summed E-state index contributed by atoms with van der Waals surface area (Å²) < 4.78 is 37.8. The Kier molecular flexibility index (Phi) is 3.73. The van der Waals surface area contributed by atoms with E-state index in [4.69, 9.17) is 5.11 Å². The minimum absolute atomic E-state index is 0.0975. The molecule has 4 nitrogen and oxygen atoms in total. The van der Waals surface area contributed by atoms with Crippen molar-refractivity contribution >= 4 is 11.9 Å². The standard InChI is InChI=1S/C12H16F3NO3/c13-12(14,15)6-2-1-3-7(4-6)16-10(17)8-5-9(8)11(18)19/h6-9H,1-5H2,(H,16,17)(H,18,19). The molecule has 7 heteroatoms. The van der Waals surface area contributed by atoms with E-state index in [1.807, 2.05) is 0 Å². The van der Waals surface area contributed by atoms with E-state index in [-0.39, 0.29) is 19.3 Å². The number of nitrogens with one attached hydrogen (secondary N) is 1. The normalized spacial score (nSPS) is 34.7. The molecule has 0 aromatic rings. The fourth-order valence-electron chi connectivity index (χ4n) is 2.68. The van der Waals surface area contributed by atoms with Gasteiger partial charge in [-0.15, -0.1) is 0 Å². The number of rotatable bonds is 3. The maximum atomic E-state index is 12.6. The second-order valence-corrected chi connectivity index (χ2v) is 5.40. The highest BCUT2D eigenvalue weighted by molar-refractivity contribution is 5.89. The molecular weight excluding hydrogens is 263 g/mol. The Morgan fingerprint density at radius 2 is 1.79 bits per heavy atom. The first-order chi connectivity index (χ1) is 8.79. The van der Waals surface area contributed by atoms with Gasteiger partial charge in [0.1, 0.15) is 0 Å². The molecule has 0 aromatic heterocycles. The lowest BCUT2D eigenvalue weighted by atomic mass is 9.85. The highest BCUT2D eigenvalue weighted by Crippen LogP contribution is 2.40. The van der Waals surface area contributed by atoms with Crippen molar-refractivity contribution in [1.29, 1.82) is 0 Å². The van der Waals surface area contributed by atoms with Gasteiger partial charge in [-0.25, -0.2) is 0 Å². The smallest absolute Gasteiger partial charge is 0.391 e. The van der Waals surface area contributed by atoms with Gasteiger partial charge in [-0.05, 0) is 25.7 Å². The summed E-state index contributed by atoms with van der Waals surface area (Å²) in [6, 6.07) is -0.483. The van der Waals surface area contributed by atoms with Crippen LogP contribution in [0.5, 0.6) is 0 Å². The molecule has 4 unspecified atom stereocenters. The number of halogens is 3. The predicted octanol–water partition coefficient (Wildman–Crippen LogP) is 1.94. The molecule has 0 heterocycles. The SMILES string of the molecule is O=C(O)C1CC1C(=O)NC1CCCC(C(F)(F)F)C1. The van der Waals surface area contributed by atoms with Gasteiger partial charge in [0.2, 0.25) is 5.91 Å². The van der Waals surface area contributed by atoms with E-state index < -0.39 is 41.8 Å². The van der Waals surface area contributed by atoms with E-state index in [0.29, 0.717) is 12.8 Å². The van der Waals surface area contributed by atoms with Gasteiger partial charge in [-0.3, -0.25) is 9.59 Å². The number of hydrogen-bond acceptors (Lipinski definition) is 2. The van der Waals surface area contributed by atoms with Crippen molar-refractivity contribution in [3.63, 3.8) is 0 Å². The second kappa shape index (κ2) is 5.02. The quantitative estimate of drug-likeness (QED) is 0.829. The molecule has 0 bridgehead atoms. The average molecular weight is 279 g/mol. The van der Waals surface area contributed by atoms with Gasteiger partial charge in [-0.1, -0.05) is 6.42 Å². The third kappa shape index (κ3) is 3.39. The molecule has 19 heavy (non-hydrogen) atoms. The van der Waals surface area contributed by atoms with Gasteiger partial charge in [0, 0.05) is 6.04 Å². The van der Waals surface area contributed by atoms with Gasteiger partial charge in [0.25, 0.3) is 0 Å². The maximum Gasteiger partial charge on any atom is 0.391 e. The zero-order valence-corrected chi connectivity index (χ0v) is 10.2.